The Hall–Kier alpha value is -1.40. The fraction of sp³-hybridized carbons (Fsp3) is 0.692. The predicted molar refractivity (Wildman–Crippen MR) is 74.1 cm³/mol. The van der Waals surface area contributed by atoms with Gasteiger partial charge >= 0.3 is 5.97 Å². The first-order valence-corrected chi connectivity index (χ1v) is 6.68. The fourth-order valence-electron chi connectivity index (χ4n) is 2.14. The maximum absolute atomic E-state index is 11.4. The number of hydrogen-bond acceptors (Lipinski definition) is 4. The summed E-state index contributed by atoms with van der Waals surface area (Å²) in [6.45, 7) is 9.47. The van der Waals surface area contributed by atoms with Gasteiger partial charge in [0.1, 0.15) is 6.04 Å². The molecule has 6 heteroatoms. The molecule has 1 atom stereocenters. The molecule has 0 aromatic carbocycles. The summed E-state index contributed by atoms with van der Waals surface area (Å²) in [5.41, 5.74) is 1.49. The predicted octanol–water partition coefficient (Wildman–Crippen LogP) is 0.786. The summed E-state index contributed by atoms with van der Waals surface area (Å²) in [4.78, 5) is 13.6. The molecular formula is C13H24N4O2. The molecule has 0 aliphatic carbocycles. The molecule has 1 aromatic rings. The topological polar surface area (TPSA) is 70.4 Å². The molecule has 19 heavy (non-hydrogen) atoms. The third-order valence-electron chi connectivity index (χ3n) is 3.28. The number of hydrogen-bond donors (Lipinski definition) is 2. The van der Waals surface area contributed by atoms with E-state index in [1.807, 2.05) is 6.92 Å². The van der Waals surface area contributed by atoms with Crippen molar-refractivity contribution in [2.45, 2.75) is 26.8 Å². The van der Waals surface area contributed by atoms with Crippen LogP contribution in [0.5, 0.6) is 0 Å². The zero-order valence-corrected chi connectivity index (χ0v) is 12.2. The van der Waals surface area contributed by atoms with Crippen molar-refractivity contribution in [3.63, 3.8) is 0 Å². The Labute approximate surface area is 114 Å². The van der Waals surface area contributed by atoms with Gasteiger partial charge in [-0.25, -0.2) is 0 Å². The van der Waals surface area contributed by atoms with E-state index in [0.29, 0.717) is 6.54 Å². The maximum Gasteiger partial charge on any atom is 0.325 e. The van der Waals surface area contributed by atoms with E-state index in [1.54, 1.807) is 17.9 Å². The molecular weight excluding hydrogens is 244 g/mol. The molecule has 1 rings (SSSR count). The van der Waals surface area contributed by atoms with Gasteiger partial charge in [0.05, 0.1) is 5.69 Å². The van der Waals surface area contributed by atoms with Crippen LogP contribution in [0.1, 0.15) is 31.1 Å². The summed E-state index contributed by atoms with van der Waals surface area (Å²) in [7, 11) is 1.80. The highest BCUT2D eigenvalue weighted by Crippen LogP contribution is 2.16. The highest BCUT2D eigenvalue weighted by Gasteiger charge is 2.23. The summed E-state index contributed by atoms with van der Waals surface area (Å²) < 4.78 is 1.65. The lowest BCUT2D eigenvalue weighted by atomic mass is 10.1. The quantitative estimate of drug-likeness (QED) is 0.729. The van der Waals surface area contributed by atoms with Crippen molar-refractivity contribution < 1.29 is 9.90 Å². The van der Waals surface area contributed by atoms with Crippen LogP contribution in [0.2, 0.25) is 0 Å². The molecule has 1 aromatic heterocycles. The third kappa shape index (κ3) is 4.33. The lowest BCUT2D eigenvalue weighted by molar-refractivity contribution is -0.139. The van der Waals surface area contributed by atoms with Crippen molar-refractivity contribution >= 4 is 5.97 Å². The molecule has 2 N–H and O–H groups in total. The van der Waals surface area contributed by atoms with E-state index in [4.69, 9.17) is 0 Å². The van der Waals surface area contributed by atoms with Gasteiger partial charge < -0.3 is 10.0 Å². The largest absolute Gasteiger partial charge is 0.480 e. The molecule has 1 heterocycles. The average molecular weight is 268 g/mol. The highest BCUT2D eigenvalue weighted by atomic mass is 16.4. The number of nitrogens with zero attached hydrogens (tertiary/aromatic N) is 3. The molecule has 0 saturated heterocycles. The molecule has 1 unspecified atom stereocenters. The monoisotopic (exact) mass is 268 g/mol. The van der Waals surface area contributed by atoms with Crippen LogP contribution >= 0.6 is 0 Å². The van der Waals surface area contributed by atoms with Crippen LogP contribution in [0.4, 0.5) is 0 Å². The minimum absolute atomic E-state index is 0.646. The number of aromatic nitrogens is 2. The lowest BCUT2D eigenvalue weighted by Gasteiger charge is -2.20. The third-order valence-corrected chi connectivity index (χ3v) is 3.28. The summed E-state index contributed by atoms with van der Waals surface area (Å²) in [5, 5.41) is 16.6. The fourth-order valence-corrected chi connectivity index (χ4v) is 2.14. The van der Waals surface area contributed by atoms with E-state index in [1.165, 1.54) is 0 Å². The molecule has 0 amide bonds. The van der Waals surface area contributed by atoms with Gasteiger partial charge in [0.2, 0.25) is 0 Å². The highest BCUT2D eigenvalue weighted by molar-refractivity contribution is 5.75. The van der Waals surface area contributed by atoms with E-state index in [-0.39, 0.29) is 0 Å². The number of nitrogens with one attached hydrogen (secondary N) is 1. The van der Waals surface area contributed by atoms with Gasteiger partial charge in [-0.15, -0.1) is 0 Å². The molecule has 0 fully saturated rings. The number of rotatable bonds is 8. The standard InChI is InChI=1S/C13H24N4O2/c1-5-17(6-2)8-7-14-12(13(18)19)11-9-16(4)15-10(11)3/h9,12,14H,5-8H2,1-4H3,(H,18,19). The number of likely N-dealkylation sites (N-methyl/N-ethyl adjacent to an activating group) is 1. The first-order chi connectivity index (χ1) is 8.99. The lowest BCUT2D eigenvalue weighted by Crippen LogP contribution is -2.36. The Bertz CT molecular complexity index is 413. The normalized spacial score (nSPS) is 12.9. The Morgan fingerprint density at radius 2 is 2.16 bits per heavy atom. The zero-order chi connectivity index (χ0) is 14.4. The minimum atomic E-state index is -0.865. The second-order valence-corrected chi connectivity index (χ2v) is 4.60. The molecule has 0 aliphatic heterocycles. The van der Waals surface area contributed by atoms with Crippen molar-refractivity contribution in [3.05, 3.63) is 17.5 Å². The first-order valence-electron chi connectivity index (χ1n) is 6.68. The van der Waals surface area contributed by atoms with Crippen molar-refractivity contribution in [1.82, 2.24) is 20.0 Å². The summed E-state index contributed by atoms with van der Waals surface area (Å²) in [6, 6.07) is -0.690. The molecule has 0 bridgehead atoms. The van der Waals surface area contributed by atoms with E-state index in [0.717, 1.165) is 30.9 Å². The van der Waals surface area contributed by atoms with Crippen molar-refractivity contribution in [3.8, 4) is 0 Å². The van der Waals surface area contributed by atoms with E-state index >= 15 is 0 Å². The van der Waals surface area contributed by atoms with Crippen LogP contribution < -0.4 is 5.32 Å². The molecule has 0 spiro atoms. The van der Waals surface area contributed by atoms with Gasteiger partial charge in [-0.2, -0.15) is 5.10 Å². The average Bonchev–Trinajstić information content (AvgIpc) is 2.68. The number of carbonyl (C=O) groups is 1. The Morgan fingerprint density at radius 3 is 2.58 bits per heavy atom. The van der Waals surface area contributed by atoms with Crippen LogP contribution in [0.25, 0.3) is 0 Å². The van der Waals surface area contributed by atoms with E-state index in [9.17, 15) is 9.90 Å². The molecule has 0 radical (unpaired) electrons. The number of aliphatic carboxylic acids is 1. The first kappa shape index (κ1) is 15.7. The van der Waals surface area contributed by atoms with Gasteiger partial charge in [0.25, 0.3) is 0 Å². The Balaban J connectivity index is 2.64. The number of carboxylic acid groups (broad SMARTS) is 1. The van der Waals surface area contributed by atoms with Crippen molar-refractivity contribution in [2.75, 3.05) is 26.2 Å². The Kier molecular flexibility index (Phi) is 5.98. The van der Waals surface area contributed by atoms with Crippen LogP contribution in [0.15, 0.2) is 6.20 Å². The van der Waals surface area contributed by atoms with Gasteiger partial charge in [-0.1, -0.05) is 13.8 Å². The van der Waals surface area contributed by atoms with Crippen LogP contribution in [-0.2, 0) is 11.8 Å². The van der Waals surface area contributed by atoms with Crippen LogP contribution in [0, 0.1) is 6.92 Å². The van der Waals surface area contributed by atoms with Crippen molar-refractivity contribution in [1.29, 1.82) is 0 Å². The second kappa shape index (κ2) is 7.25. The van der Waals surface area contributed by atoms with Gasteiger partial charge in [-0.3, -0.25) is 14.8 Å². The summed E-state index contributed by atoms with van der Waals surface area (Å²) in [5.74, 6) is -0.865. The molecule has 6 nitrogen and oxygen atoms in total. The summed E-state index contributed by atoms with van der Waals surface area (Å²) >= 11 is 0. The molecule has 0 aliphatic rings. The number of aryl methyl sites for hydroxylation is 2. The zero-order valence-electron chi connectivity index (χ0n) is 12.2. The van der Waals surface area contributed by atoms with Crippen molar-refractivity contribution in [2.24, 2.45) is 7.05 Å². The number of carboxylic acids is 1. The Morgan fingerprint density at radius 1 is 1.53 bits per heavy atom. The SMILES string of the molecule is CCN(CC)CCNC(C(=O)O)c1cn(C)nc1C. The van der Waals surface area contributed by atoms with E-state index < -0.39 is 12.0 Å². The van der Waals surface area contributed by atoms with E-state index in [2.05, 4.69) is 29.2 Å². The maximum atomic E-state index is 11.4. The van der Waals surface area contributed by atoms with Crippen LogP contribution in [0.3, 0.4) is 0 Å². The van der Waals surface area contributed by atoms with Crippen LogP contribution in [-0.4, -0.2) is 51.9 Å². The smallest absolute Gasteiger partial charge is 0.325 e. The molecule has 0 saturated carbocycles. The van der Waals surface area contributed by atoms with Gasteiger partial charge in [0, 0.05) is 31.9 Å². The molecule has 108 valence electrons. The minimum Gasteiger partial charge on any atom is -0.480 e. The summed E-state index contributed by atoms with van der Waals surface area (Å²) in [6.07, 6.45) is 1.76. The van der Waals surface area contributed by atoms with Gasteiger partial charge in [-0.05, 0) is 20.0 Å². The van der Waals surface area contributed by atoms with Gasteiger partial charge in [0.15, 0.2) is 0 Å². The second-order valence-electron chi connectivity index (χ2n) is 4.60.